The molecule has 0 amide bonds. The first-order valence-corrected chi connectivity index (χ1v) is 7.56. The van der Waals surface area contributed by atoms with Crippen molar-refractivity contribution in [1.29, 1.82) is 0 Å². The summed E-state index contributed by atoms with van der Waals surface area (Å²) >= 11 is 6.72. The summed E-state index contributed by atoms with van der Waals surface area (Å²) in [6.07, 6.45) is -2.02. The molecule has 21 heavy (non-hydrogen) atoms. The van der Waals surface area contributed by atoms with Crippen LogP contribution in [0.2, 0.25) is 0 Å². The molecule has 0 bridgehead atoms. The lowest BCUT2D eigenvalue weighted by atomic mass is 9.96. The fourth-order valence-electron chi connectivity index (χ4n) is 2.11. The Labute approximate surface area is 137 Å². The van der Waals surface area contributed by atoms with Crippen LogP contribution in [0.1, 0.15) is 22.7 Å². The van der Waals surface area contributed by atoms with E-state index in [2.05, 4.69) is 42.2 Å². The van der Waals surface area contributed by atoms with Gasteiger partial charge in [0.25, 0.3) is 0 Å². The van der Waals surface area contributed by atoms with Gasteiger partial charge in [-0.2, -0.15) is 13.2 Å². The third-order valence-electron chi connectivity index (χ3n) is 3.03. The molecule has 1 atom stereocenters. The number of pyridine rings is 1. The van der Waals surface area contributed by atoms with E-state index in [0.717, 1.165) is 16.7 Å². The average molecular weight is 424 g/mol. The summed E-state index contributed by atoms with van der Waals surface area (Å²) in [7, 11) is 1.62. The van der Waals surface area contributed by atoms with E-state index in [9.17, 15) is 13.2 Å². The minimum absolute atomic E-state index is 0.0931. The van der Waals surface area contributed by atoms with E-state index in [-0.39, 0.29) is 5.56 Å². The topological polar surface area (TPSA) is 24.9 Å². The van der Waals surface area contributed by atoms with Crippen LogP contribution in [0.25, 0.3) is 0 Å². The molecule has 0 spiro atoms. The standard InChI is InChI=1S/C14H11Br2F3N2/c1-20-13(9-3-2-8(15)6-12(9)16)10-7-21-5-4-11(10)14(17,18)19/h2-7,13,20H,1H3. The van der Waals surface area contributed by atoms with Crippen LogP contribution < -0.4 is 5.32 Å². The van der Waals surface area contributed by atoms with Crippen LogP contribution in [0.5, 0.6) is 0 Å². The summed E-state index contributed by atoms with van der Waals surface area (Å²) in [5.74, 6) is 0. The maximum Gasteiger partial charge on any atom is 0.416 e. The monoisotopic (exact) mass is 422 g/mol. The van der Waals surface area contributed by atoms with Gasteiger partial charge in [-0.3, -0.25) is 4.98 Å². The van der Waals surface area contributed by atoms with Crippen LogP contribution >= 0.6 is 31.9 Å². The van der Waals surface area contributed by atoms with Gasteiger partial charge in [0.1, 0.15) is 0 Å². The molecule has 0 aliphatic rings. The number of rotatable bonds is 3. The normalized spacial score (nSPS) is 13.2. The fourth-order valence-corrected chi connectivity index (χ4v) is 3.39. The molecule has 2 aromatic rings. The van der Waals surface area contributed by atoms with Gasteiger partial charge in [-0.25, -0.2) is 0 Å². The number of alkyl halides is 3. The van der Waals surface area contributed by atoms with Crippen LogP contribution in [-0.2, 0) is 6.18 Å². The number of nitrogens with one attached hydrogen (secondary N) is 1. The molecule has 0 aliphatic heterocycles. The Bertz CT molecular complexity index is 644. The lowest BCUT2D eigenvalue weighted by Gasteiger charge is -2.22. The Kier molecular flexibility index (Phi) is 5.06. The largest absolute Gasteiger partial charge is 0.416 e. The summed E-state index contributed by atoms with van der Waals surface area (Å²) in [6, 6.07) is 5.73. The van der Waals surface area contributed by atoms with Crippen molar-refractivity contribution in [3.05, 3.63) is 62.3 Å². The molecule has 1 aromatic heterocycles. The van der Waals surface area contributed by atoms with Crippen LogP contribution in [-0.4, -0.2) is 12.0 Å². The first-order chi connectivity index (χ1) is 9.84. The van der Waals surface area contributed by atoms with E-state index in [4.69, 9.17) is 0 Å². The highest BCUT2D eigenvalue weighted by Crippen LogP contribution is 2.38. The number of nitrogens with zero attached hydrogens (tertiary/aromatic N) is 1. The summed E-state index contributed by atoms with van der Waals surface area (Å²) < 4.78 is 41.0. The highest BCUT2D eigenvalue weighted by atomic mass is 79.9. The quantitative estimate of drug-likeness (QED) is 0.756. The van der Waals surface area contributed by atoms with Crippen molar-refractivity contribution in [3.8, 4) is 0 Å². The second kappa shape index (κ2) is 6.46. The number of hydrogen-bond acceptors (Lipinski definition) is 2. The van der Waals surface area contributed by atoms with Crippen molar-refractivity contribution in [2.45, 2.75) is 12.2 Å². The maximum atomic E-state index is 13.2. The SMILES string of the molecule is CNC(c1ccc(Br)cc1Br)c1cnccc1C(F)(F)F. The molecule has 0 saturated heterocycles. The van der Waals surface area contributed by atoms with Gasteiger partial charge in [-0.05, 0) is 30.8 Å². The number of halogens is 5. The summed E-state index contributed by atoms with van der Waals surface area (Å²) in [4.78, 5) is 3.84. The van der Waals surface area contributed by atoms with Gasteiger partial charge in [-0.15, -0.1) is 0 Å². The molecule has 1 unspecified atom stereocenters. The third-order valence-corrected chi connectivity index (χ3v) is 4.21. The lowest BCUT2D eigenvalue weighted by Crippen LogP contribution is -2.22. The molecule has 1 heterocycles. The molecule has 0 aliphatic carbocycles. The van der Waals surface area contributed by atoms with E-state index < -0.39 is 17.8 Å². The predicted octanol–water partition coefficient (Wildman–Crippen LogP) is 4.93. The first kappa shape index (κ1) is 16.5. The van der Waals surface area contributed by atoms with E-state index in [0.29, 0.717) is 10.0 Å². The van der Waals surface area contributed by atoms with Crippen LogP contribution in [0.3, 0.4) is 0 Å². The van der Waals surface area contributed by atoms with Crippen LogP contribution in [0.4, 0.5) is 13.2 Å². The number of benzene rings is 1. The average Bonchev–Trinajstić information content (AvgIpc) is 2.41. The number of aromatic nitrogens is 1. The van der Waals surface area contributed by atoms with Crippen molar-refractivity contribution >= 4 is 31.9 Å². The summed E-state index contributed by atoms with van der Waals surface area (Å²) in [6.45, 7) is 0. The molecule has 2 rings (SSSR count). The summed E-state index contributed by atoms with van der Waals surface area (Å²) in [5, 5.41) is 2.92. The molecular weight excluding hydrogens is 413 g/mol. The smallest absolute Gasteiger partial charge is 0.309 e. The van der Waals surface area contributed by atoms with E-state index in [1.165, 1.54) is 6.20 Å². The predicted molar refractivity (Wildman–Crippen MR) is 82.0 cm³/mol. The molecule has 112 valence electrons. The molecular formula is C14H11Br2F3N2. The van der Waals surface area contributed by atoms with Crippen molar-refractivity contribution in [1.82, 2.24) is 10.3 Å². The van der Waals surface area contributed by atoms with Gasteiger partial charge in [0.2, 0.25) is 0 Å². The minimum atomic E-state index is -4.42. The molecule has 2 nitrogen and oxygen atoms in total. The molecule has 0 saturated carbocycles. The first-order valence-electron chi connectivity index (χ1n) is 5.98. The van der Waals surface area contributed by atoms with E-state index in [1.807, 2.05) is 0 Å². The van der Waals surface area contributed by atoms with E-state index in [1.54, 1.807) is 25.2 Å². The van der Waals surface area contributed by atoms with Crippen molar-refractivity contribution in [2.24, 2.45) is 0 Å². The van der Waals surface area contributed by atoms with Crippen LogP contribution in [0.15, 0.2) is 45.6 Å². The summed E-state index contributed by atoms with van der Waals surface area (Å²) in [5.41, 5.74) is 0.112. The van der Waals surface area contributed by atoms with Crippen molar-refractivity contribution < 1.29 is 13.2 Å². The Balaban J connectivity index is 2.57. The van der Waals surface area contributed by atoms with Gasteiger partial charge >= 0.3 is 6.18 Å². The molecule has 0 fully saturated rings. The lowest BCUT2D eigenvalue weighted by molar-refractivity contribution is -0.138. The fraction of sp³-hybridized carbons (Fsp3) is 0.214. The highest BCUT2D eigenvalue weighted by molar-refractivity contribution is 9.11. The zero-order valence-electron chi connectivity index (χ0n) is 10.9. The van der Waals surface area contributed by atoms with E-state index >= 15 is 0 Å². The van der Waals surface area contributed by atoms with Gasteiger partial charge in [0, 0.05) is 26.9 Å². The number of hydrogen-bond donors (Lipinski definition) is 1. The molecule has 1 aromatic carbocycles. The molecule has 7 heteroatoms. The molecule has 1 N–H and O–H groups in total. The second-order valence-corrected chi connectivity index (χ2v) is 6.12. The third kappa shape index (κ3) is 3.64. The van der Waals surface area contributed by atoms with Crippen molar-refractivity contribution in [2.75, 3.05) is 7.05 Å². The van der Waals surface area contributed by atoms with Crippen molar-refractivity contribution in [3.63, 3.8) is 0 Å². The second-order valence-electron chi connectivity index (χ2n) is 4.35. The zero-order valence-corrected chi connectivity index (χ0v) is 14.1. The van der Waals surface area contributed by atoms with Gasteiger partial charge < -0.3 is 5.32 Å². The van der Waals surface area contributed by atoms with Gasteiger partial charge in [0.05, 0.1) is 11.6 Å². The maximum absolute atomic E-state index is 13.2. The zero-order chi connectivity index (χ0) is 15.6. The van der Waals surface area contributed by atoms with Crippen LogP contribution in [0, 0.1) is 0 Å². The Morgan fingerprint density at radius 3 is 2.43 bits per heavy atom. The van der Waals surface area contributed by atoms with Gasteiger partial charge in [-0.1, -0.05) is 37.9 Å². The minimum Gasteiger partial charge on any atom is -0.309 e. The molecule has 0 radical (unpaired) electrons. The van der Waals surface area contributed by atoms with Gasteiger partial charge in [0.15, 0.2) is 0 Å². The highest BCUT2D eigenvalue weighted by Gasteiger charge is 2.35. The Morgan fingerprint density at radius 2 is 1.86 bits per heavy atom. The Hall–Kier alpha value is -0.920. The Morgan fingerprint density at radius 1 is 1.14 bits per heavy atom.